The van der Waals surface area contributed by atoms with Crippen molar-refractivity contribution in [3.63, 3.8) is 0 Å². The molecule has 0 aliphatic rings. The third-order valence-corrected chi connectivity index (χ3v) is 3.85. The van der Waals surface area contributed by atoms with Crippen molar-refractivity contribution in [2.24, 2.45) is 5.73 Å². The predicted octanol–water partition coefficient (Wildman–Crippen LogP) is 4.97. The second kappa shape index (κ2) is 17.5. The van der Waals surface area contributed by atoms with E-state index in [0.29, 0.717) is 13.0 Å². The maximum Gasteiger partial charge on any atom is 0.305 e. The molecule has 0 aliphatic carbocycles. The van der Waals surface area contributed by atoms with Gasteiger partial charge in [0, 0.05) is 6.42 Å². The molecule has 0 aromatic heterocycles. The second-order valence-electron chi connectivity index (χ2n) is 6.00. The number of esters is 1. The first-order valence-corrected chi connectivity index (χ1v) is 9.17. The van der Waals surface area contributed by atoms with Crippen LogP contribution in [0.25, 0.3) is 0 Å². The van der Waals surface area contributed by atoms with E-state index >= 15 is 0 Å². The van der Waals surface area contributed by atoms with Gasteiger partial charge in [0.1, 0.15) is 0 Å². The van der Waals surface area contributed by atoms with Gasteiger partial charge in [-0.2, -0.15) is 0 Å². The van der Waals surface area contributed by atoms with Crippen LogP contribution in [-0.2, 0) is 9.53 Å². The monoisotopic (exact) mass is 299 g/mol. The number of hydrogen-bond donors (Lipinski definition) is 1. The molecule has 2 N–H and O–H groups in total. The summed E-state index contributed by atoms with van der Waals surface area (Å²) in [4.78, 5) is 11.5. The Morgan fingerprint density at radius 1 is 0.762 bits per heavy atom. The highest BCUT2D eigenvalue weighted by molar-refractivity contribution is 5.69. The second-order valence-corrected chi connectivity index (χ2v) is 6.00. The number of carbonyl (C=O) groups excluding carboxylic acids is 1. The van der Waals surface area contributed by atoms with Crippen LogP contribution in [0.1, 0.15) is 96.8 Å². The molecular formula is C18H37NO2. The van der Waals surface area contributed by atoms with E-state index in [1.807, 2.05) is 0 Å². The molecule has 0 aromatic carbocycles. The molecule has 0 rings (SSSR count). The third-order valence-electron chi connectivity index (χ3n) is 3.85. The Bertz CT molecular complexity index is 219. The van der Waals surface area contributed by atoms with Gasteiger partial charge in [-0.25, -0.2) is 0 Å². The van der Waals surface area contributed by atoms with E-state index in [2.05, 4.69) is 6.92 Å². The summed E-state index contributed by atoms with van der Waals surface area (Å²) in [6.07, 6.45) is 16.3. The molecule has 0 amide bonds. The molecule has 126 valence electrons. The number of carbonyl (C=O) groups is 1. The molecule has 0 bridgehead atoms. The summed E-state index contributed by atoms with van der Waals surface area (Å²) in [5.41, 5.74) is 5.45. The summed E-state index contributed by atoms with van der Waals surface area (Å²) in [6, 6.07) is 0. The zero-order valence-corrected chi connectivity index (χ0v) is 14.2. The van der Waals surface area contributed by atoms with Crippen molar-refractivity contribution in [2.45, 2.75) is 96.8 Å². The van der Waals surface area contributed by atoms with E-state index in [9.17, 15) is 4.79 Å². The van der Waals surface area contributed by atoms with E-state index in [1.165, 1.54) is 57.8 Å². The van der Waals surface area contributed by atoms with Crippen molar-refractivity contribution in [3.05, 3.63) is 0 Å². The van der Waals surface area contributed by atoms with E-state index in [1.54, 1.807) is 0 Å². The van der Waals surface area contributed by atoms with Crippen LogP contribution in [0.5, 0.6) is 0 Å². The van der Waals surface area contributed by atoms with Crippen molar-refractivity contribution in [1.82, 2.24) is 0 Å². The Morgan fingerprint density at radius 3 is 1.90 bits per heavy atom. The smallest absolute Gasteiger partial charge is 0.305 e. The number of nitrogens with two attached hydrogens (primary N) is 1. The summed E-state index contributed by atoms with van der Waals surface area (Å²) in [6.45, 7) is 3.65. The minimum atomic E-state index is -0.0112. The van der Waals surface area contributed by atoms with Gasteiger partial charge >= 0.3 is 5.97 Å². The Labute approximate surface area is 132 Å². The fourth-order valence-corrected chi connectivity index (χ4v) is 2.44. The minimum absolute atomic E-state index is 0.0112. The van der Waals surface area contributed by atoms with Crippen LogP contribution in [0, 0.1) is 0 Å². The first-order valence-electron chi connectivity index (χ1n) is 9.17. The van der Waals surface area contributed by atoms with E-state index in [0.717, 1.165) is 32.2 Å². The Hall–Kier alpha value is -0.570. The Balaban J connectivity index is 3.13. The quantitative estimate of drug-likeness (QED) is 0.323. The van der Waals surface area contributed by atoms with E-state index in [-0.39, 0.29) is 5.97 Å². The predicted molar refractivity (Wildman–Crippen MR) is 90.3 cm³/mol. The highest BCUT2D eigenvalue weighted by atomic mass is 16.5. The lowest BCUT2D eigenvalue weighted by atomic mass is 10.1. The van der Waals surface area contributed by atoms with Gasteiger partial charge in [-0.05, 0) is 25.8 Å². The van der Waals surface area contributed by atoms with Crippen LogP contribution in [0.3, 0.4) is 0 Å². The van der Waals surface area contributed by atoms with Crippen LogP contribution in [0.2, 0.25) is 0 Å². The highest BCUT2D eigenvalue weighted by Crippen LogP contribution is 2.09. The van der Waals surface area contributed by atoms with Gasteiger partial charge < -0.3 is 10.5 Å². The lowest BCUT2D eigenvalue weighted by Crippen LogP contribution is -2.05. The van der Waals surface area contributed by atoms with Crippen LogP contribution < -0.4 is 5.73 Å². The van der Waals surface area contributed by atoms with Gasteiger partial charge in [0.25, 0.3) is 0 Å². The molecule has 3 heteroatoms. The summed E-state index contributed by atoms with van der Waals surface area (Å²) in [5.74, 6) is -0.0112. The van der Waals surface area contributed by atoms with Gasteiger partial charge in [0.05, 0.1) is 6.61 Å². The molecule has 0 fully saturated rings. The summed E-state index contributed by atoms with van der Waals surface area (Å²) in [7, 11) is 0. The minimum Gasteiger partial charge on any atom is -0.466 e. The van der Waals surface area contributed by atoms with Crippen molar-refractivity contribution < 1.29 is 9.53 Å². The molecule has 0 atom stereocenters. The van der Waals surface area contributed by atoms with Gasteiger partial charge in [0.15, 0.2) is 0 Å². The number of unbranched alkanes of at least 4 members (excludes halogenated alkanes) is 11. The lowest BCUT2D eigenvalue weighted by molar-refractivity contribution is -0.143. The molecule has 0 saturated carbocycles. The summed E-state index contributed by atoms with van der Waals surface area (Å²) >= 11 is 0. The first kappa shape index (κ1) is 20.4. The fraction of sp³-hybridized carbons (Fsp3) is 0.944. The topological polar surface area (TPSA) is 52.3 Å². The van der Waals surface area contributed by atoms with Crippen LogP contribution in [0.4, 0.5) is 0 Å². The zero-order valence-electron chi connectivity index (χ0n) is 14.2. The van der Waals surface area contributed by atoms with Gasteiger partial charge in [0.2, 0.25) is 0 Å². The average molecular weight is 299 g/mol. The molecule has 0 saturated heterocycles. The van der Waals surface area contributed by atoms with Crippen LogP contribution >= 0.6 is 0 Å². The third kappa shape index (κ3) is 17.4. The lowest BCUT2D eigenvalue weighted by Gasteiger charge is -2.05. The number of ether oxygens (including phenoxy) is 1. The largest absolute Gasteiger partial charge is 0.466 e. The summed E-state index contributed by atoms with van der Waals surface area (Å²) in [5, 5.41) is 0. The summed E-state index contributed by atoms with van der Waals surface area (Å²) < 4.78 is 5.26. The van der Waals surface area contributed by atoms with Crippen molar-refractivity contribution in [3.8, 4) is 0 Å². The van der Waals surface area contributed by atoms with Gasteiger partial charge in [-0.15, -0.1) is 0 Å². The van der Waals surface area contributed by atoms with Gasteiger partial charge in [-0.1, -0.05) is 71.1 Å². The number of rotatable bonds is 16. The molecule has 0 aliphatic heterocycles. The van der Waals surface area contributed by atoms with Crippen molar-refractivity contribution in [1.29, 1.82) is 0 Å². The Kier molecular flexibility index (Phi) is 17.0. The highest BCUT2D eigenvalue weighted by Gasteiger charge is 2.02. The standard InChI is InChI=1S/C18H37NO2/c1-2-3-4-5-8-11-14-17-21-18(20)15-12-9-6-7-10-13-16-19/h2-17,19H2,1H3. The number of hydrogen-bond acceptors (Lipinski definition) is 3. The fourth-order valence-electron chi connectivity index (χ4n) is 2.44. The molecule has 3 nitrogen and oxygen atoms in total. The normalized spacial score (nSPS) is 10.8. The van der Waals surface area contributed by atoms with Crippen molar-refractivity contribution in [2.75, 3.05) is 13.2 Å². The molecule has 0 radical (unpaired) electrons. The molecule has 0 unspecified atom stereocenters. The molecule has 0 heterocycles. The zero-order chi connectivity index (χ0) is 15.6. The average Bonchev–Trinajstić information content (AvgIpc) is 2.49. The molecular weight excluding hydrogens is 262 g/mol. The van der Waals surface area contributed by atoms with E-state index in [4.69, 9.17) is 10.5 Å². The SMILES string of the molecule is CCCCCCCCCOC(=O)CCCCCCCCN. The molecule has 0 spiro atoms. The van der Waals surface area contributed by atoms with E-state index < -0.39 is 0 Å². The van der Waals surface area contributed by atoms with Crippen LogP contribution in [-0.4, -0.2) is 19.1 Å². The first-order chi connectivity index (χ1) is 10.3. The van der Waals surface area contributed by atoms with Crippen molar-refractivity contribution >= 4 is 5.97 Å². The molecule has 0 aromatic rings. The van der Waals surface area contributed by atoms with Gasteiger partial charge in [-0.3, -0.25) is 4.79 Å². The maximum atomic E-state index is 11.5. The molecule has 21 heavy (non-hydrogen) atoms. The Morgan fingerprint density at radius 2 is 1.29 bits per heavy atom. The van der Waals surface area contributed by atoms with Crippen LogP contribution in [0.15, 0.2) is 0 Å². The maximum absolute atomic E-state index is 11.5.